The molecule has 0 bridgehead atoms. The molecule has 0 radical (unpaired) electrons. The van der Waals surface area contributed by atoms with Crippen molar-refractivity contribution in [2.24, 2.45) is 0 Å². The lowest BCUT2D eigenvalue weighted by Crippen LogP contribution is -2.08. The van der Waals surface area contributed by atoms with Gasteiger partial charge >= 0.3 is 6.18 Å². The van der Waals surface area contributed by atoms with Crippen LogP contribution in [0.25, 0.3) is 17.8 Å². The van der Waals surface area contributed by atoms with Crippen LogP contribution in [0.3, 0.4) is 0 Å². The number of aromatic nitrogens is 2. The van der Waals surface area contributed by atoms with E-state index in [1.165, 1.54) is 16.8 Å². The van der Waals surface area contributed by atoms with E-state index in [0.717, 1.165) is 17.7 Å². The largest absolute Gasteiger partial charge is 0.416 e. The number of hydrogen-bond acceptors (Lipinski definition) is 1. The summed E-state index contributed by atoms with van der Waals surface area (Å²) in [4.78, 5) is 0. The quantitative estimate of drug-likeness (QED) is 0.687. The van der Waals surface area contributed by atoms with E-state index in [9.17, 15) is 13.2 Å². The van der Waals surface area contributed by atoms with Gasteiger partial charge in [0.1, 0.15) is 5.69 Å². The topological polar surface area (TPSA) is 17.8 Å². The summed E-state index contributed by atoms with van der Waals surface area (Å²) < 4.78 is 39.7. The maximum Gasteiger partial charge on any atom is 0.416 e. The molecule has 0 N–H and O–H groups in total. The molecule has 0 fully saturated rings. The number of benzene rings is 1. The van der Waals surface area contributed by atoms with Gasteiger partial charge in [0.2, 0.25) is 0 Å². The molecule has 1 heterocycles. The van der Waals surface area contributed by atoms with Crippen LogP contribution in [0.15, 0.2) is 25.3 Å². The Balaban J connectivity index is 2.74. The summed E-state index contributed by atoms with van der Waals surface area (Å²) >= 11 is 12.0. The van der Waals surface area contributed by atoms with E-state index in [1.54, 1.807) is 6.92 Å². The first-order valence-electron chi connectivity index (χ1n) is 6.11. The normalized spacial score (nSPS) is 11.5. The molecule has 0 aliphatic heterocycles. The van der Waals surface area contributed by atoms with Gasteiger partial charge < -0.3 is 0 Å². The second-order valence-electron chi connectivity index (χ2n) is 4.50. The van der Waals surface area contributed by atoms with Crippen LogP contribution < -0.4 is 0 Å². The Hall–Kier alpha value is -1.72. The summed E-state index contributed by atoms with van der Waals surface area (Å²) in [6, 6.07) is 1.64. The molecular formula is C15H11Cl2F3N2. The van der Waals surface area contributed by atoms with Crippen molar-refractivity contribution < 1.29 is 13.2 Å². The molecule has 0 amide bonds. The molecule has 22 heavy (non-hydrogen) atoms. The van der Waals surface area contributed by atoms with E-state index in [4.69, 9.17) is 23.2 Å². The third-order valence-electron chi connectivity index (χ3n) is 3.15. The van der Waals surface area contributed by atoms with Crippen molar-refractivity contribution >= 4 is 35.4 Å². The molecule has 1 aromatic heterocycles. The molecule has 2 aromatic rings. The lowest BCUT2D eigenvalue weighted by atomic mass is 10.1. The Morgan fingerprint density at radius 2 is 1.68 bits per heavy atom. The number of nitrogens with zero attached hydrogens (tertiary/aromatic N) is 2. The maximum absolute atomic E-state index is 12.8. The third-order valence-corrected chi connectivity index (χ3v) is 3.72. The van der Waals surface area contributed by atoms with Gasteiger partial charge in [-0.05, 0) is 31.2 Å². The highest BCUT2D eigenvalue weighted by molar-refractivity contribution is 6.37. The van der Waals surface area contributed by atoms with E-state index in [2.05, 4.69) is 18.3 Å². The zero-order chi connectivity index (χ0) is 16.7. The van der Waals surface area contributed by atoms with Gasteiger partial charge in [-0.2, -0.15) is 18.3 Å². The van der Waals surface area contributed by atoms with Crippen molar-refractivity contribution in [3.05, 3.63) is 57.9 Å². The molecule has 0 aliphatic carbocycles. The zero-order valence-electron chi connectivity index (χ0n) is 11.5. The second kappa shape index (κ2) is 5.82. The average Bonchev–Trinajstić information content (AvgIpc) is 2.73. The van der Waals surface area contributed by atoms with Crippen molar-refractivity contribution in [2.75, 3.05) is 0 Å². The fourth-order valence-corrected chi connectivity index (χ4v) is 2.71. The van der Waals surface area contributed by atoms with Gasteiger partial charge in [-0.1, -0.05) is 36.4 Å². The van der Waals surface area contributed by atoms with Gasteiger partial charge in [0, 0.05) is 5.56 Å². The van der Waals surface area contributed by atoms with Crippen LogP contribution in [-0.4, -0.2) is 9.78 Å². The lowest BCUT2D eigenvalue weighted by molar-refractivity contribution is -0.137. The molecule has 0 spiro atoms. The molecule has 0 atom stereocenters. The highest BCUT2D eigenvalue weighted by Crippen LogP contribution is 2.38. The second-order valence-corrected chi connectivity index (χ2v) is 5.32. The molecular weight excluding hydrogens is 336 g/mol. The van der Waals surface area contributed by atoms with Gasteiger partial charge in [0.15, 0.2) is 0 Å². The van der Waals surface area contributed by atoms with E-state index in [-0.39, 0.29) is 15.7 Å². The summed E-state index contributed by atoms with van der Waals surface area (Å²) in [5.41, 5.74) is 1.18. The van der Waals surface area contributed by atoms with Crippen LogP contribution in [0.4, 0.5) is 13.2 Å². The SMILES string of the molecule is C=Cc1nn(-c2c(Cl)cc(C(F)(F)F)cc2Cl)c(C=C)c1C. The molecule has 0 saturated carbocycles. The van der Waals surface area contributed by atoms with Crippen LogP contribution in [0.5, 0.6) is 0 Å². The first-order valence-corrected chi connectivity index (χ1v) is 6.87. The molecule has 7 heteroatoms. The highest BCUT2D eigenvalue weighted by atomic mass is 35.5. The third kappa shape index (κ3) is 2.78. The lowest BCUT2D eigenvalue weighted by Gasteiger charge is -2.13. The molecule has 1 aromatic carbocycles. The summed E-state index contributed by atoms with van der Waals surface area (Å²) in [6.07, 6.45) is -1.47. The molecule has 0 saturated heterocycles. The van der Waals surface area contributed by atoms with Crippen molar-refractivity contribution in [1.82, 2.24) is 9.78 Å². The zero-order valence-corrected chi connectivity index (χ0v) is 13.0. The van der Waals surface area contributed by atoms with Crippen molar-refractivity contribution in [3.8, 4) is 5.69 Å². The Labute approximate surface area is 135 Å². The Morgan fingerprint density at radius 3 is 2.09 bits per heavy atom. The first-order chi connectivity index (χ1) is 10.2. The summed E-state index contributed by atoms with van der Waals surface area (Å²) in [7, 11) is 0. The fourth-order valence-electron chi connectivity index (χ4n) is 2.06. The number of rotatable bonds is 3. The van der Waals surface area contributed by atoms with Gasteiger partial charge in [-0.3, -0.25) is 0 Å². The molecule has 0 unspecified atom stereocenters. The number of hydrogen-bond donors (Lipinski definition) is 0. The molecule has 116 valence electrons. The van der Waals surface area contributed by atoms with Crippen molar-refractivity contribution in [1.29, 1.82) is 0 Å². The Bertz CT molecular complexity index is 738. The predicted molar refractivity (Wildman–Crippen MR) is 83.5 cm³/mol. The standard InChI is InChI=1S/C15H11Cl2F3N2/c1-4-12-8(3)13(5-2)22(21-12)14-10(16)6-9(7-11(14)17)15(18,19)20/h4-7H,1-2H2,3H3. The minimum atomic E-state index is -4.53. The van der Waals surface area contributed by atoms with Crippen LogP contribution in [0.1, 0.15) is 22.5 Å². The molecule has 2 rings (SSSR count). The summed E-state index contributed by atoms with van der Waals surface area (Å²) in [5, 5.41) is 3.96. The average molecular weight is 347 g/mol. The van der Waals surface area contributed by atoms with Crippen LogP contribution in [0.2, 0.25) is 10.0 Å². The monoisotopic (exact) mass is 346 g/mol. The van der Waals surface area contributed by atoms with Gasteiger partial charge in [0.05, 0.1) is 27.0 Å². The van der Waals surface area contributed by atoms with Gasteiger partial charge in [-0.15, -0.1) is 0 Å². The summed E-state index contributed by atoms with van der Waals surface area (Å²) in [6.45, 7) is 9.12. The van der Waals surface area contributed by atoms with E-state index in [0.29, 0.717) is 11.4 Å². The van der Waals surface area contributed by atoms with Crippen molar-refractivity contribution in [2.45, 2.75) is 13.1 Å². The minimum Gasteiger partial charge on any atom is -0.230 e. The maximum atomic E-state index is 12.8. The van der Waals surface area contributed by atoms with Crippen molar-refractivity contribution in [3.63, 3.8) is 0 Å². The van der Waals surface area contributed by atoms with E-state index in [1.807, 2.05) is 0 Å². The van der Waals surface area contributed by atoms with E-state index >= 15 is 0 Å². The Kier molecular flexibility index (Phi) is 4.40. The minimum absolute atomic E-state index is 0.152. The number of alkyl halides is 3. The Morgan fingerprint density at radius 1 is 1.14 bits per heavy atom. The van der Waals surface area contributed by atoms with Crippen LogP contribution in [-0.2, 0) is 6.18 Å². The van der Waals surface area contributed by atoms with Gasteiger partial charge in [-0.25, -0.2) is 4.68 Å². The fraction of sp³-hybridized carbons (Fsp3) is 0.133. The van der Waals surface area contributed by atoms with E-state index < -0.39 is 11.7 Å². The van der Waals surface area contributed by atoms with Crippen LogP contribution in [0, 0.1) is 6.92 Å². The first kappa shape index (κ1) is 16.6. The smallest absolute Gasteiger partial charge is 0.230 e. The highest BCUT2D eigenvalue weighted by Gasteiger charge is 2.32. The number of halogens is 5. The summed E-state index contributed by atoms with van der Waals surface area (Å²) in [5.74, 6) is 0. The van der Waals surface area contributed by atoms with Gasteiger partial charge in [0.25, 0.3) is 0 Å². The predicted octanol–water partition coefficient (Wildman–Crippen LogP) is 5.79. The van der Waals surface area contributed by atoms with Crippen LogP contribution >= 0.6 is 23.2 Å². The molecule has 0 aliphatic rings. The molecule has 2 nitrogen and oxygen atoms in total.